The van der Waals surface area contributed by atoms with Crippen LogP contribution in [0.4, 0.5) is 4.39 Å². The Bertz CT molecular complexity index is 985. The van der Waals surface area contributed by atoms with Gasteiger partial charge in [0, 0.05) is 26.7 Å². The van der Waals surface area contributed by atoms with Gasteiger partial charge in [-0.3, -0.25) is 4.79 Å². The zero-order valence-corrected chi connectivity index (χ0v) is 18.1. The highest BCUT2D eigenvalue weighted by Gasteiger charge is 2.26. The molecule has 2 aromatic carbocycles. The first-order valence-corrected chi connectivity index (χ1v) is 11.4. The Labute approximate surface area is 177 Å². The number of amides is 1. The van der Waals surface area contributed by atoms with Crippen molar-refractivity contribution < 1.29 is 22.3 Å². The molecule has 162 valence electrons. The topological polar surface area (TPSA) is 66.9 Å². The summed E-state index contributed by atoms with van der Waals surface area (Å²) in [4.78, 5) is 14.9. The van der Waals surface area contributed by atoms with Gasteiger partial charge in [-0.05, 0) is 48.7 Å². The van der Waals surface area contributed by atoms with Gasteiger partial charge in [-0.1, -0.05) is 25.0 Å². The Hall–Kier alpha value is -2.45. The molecule has 6 nitrogen and oxygen atoms in total. The lowest BCUT2D eigenvalue weighted by molar-refractivity contribution is 0.0758. The van der Waals surface area contributed by atoms with Gasteiger partial charge in [0.15, 0.2) is 0 Å². The SMILES string of the molecule is COc1ccc(S(=O)(=O)N(C)Cc2ccc(F)cc2)cc1C(=O)N1CCCCCC1. The number of likely N-dealkylation sites (tertiary alicyclic amines) is 1. The lowest BCUT2D eigenvalue weighted by atomic mass is 10.1. The van der Waals surface area contributed by atoms with Crippen LogP contribution >= 0.6 is 0 Å². The van der Waals surface area contributed by atoms with Gasteiger partial charge >= 0.3 is 0 Å². The first-order valence-electron chi connectivity index (χ1n) is 10.0. The highest BCUT2D eigenvalue weighted by atomic mass is 32.2. The second kappa shape index (κ2) is 9.57. The Balaban J connectivity index is 1.88. The Kier molecular flexibility index (Phi) is 7.10. The van der Waals surface area contributed by atoms with Crippen molar-refractivity contribution in [3.8, 4) is 5.75 Å². The summed E-state index contributed by atoms with van der Waals surface area (Å²) in [7, 11) is -0.934. The zero-order valence-electron chi connectivity index (χ0n) is 17.3. The number of carbonyl (C=O) groups is 1. The standard InChI is InChI=1S/C22H27FN2O4S/c1-24(16-17-7-9-18(23)10-8-17)30(27,28)19-11-12-21(29-2)20(15-19)22(26)25-13-5-3-4-6-14-25/h7-12,15H,3-6,13-14,16H2,1-2H3. The van der Waals surface area contributed by atoms with Crippen molar-refractivity contribution in [1.29, 1.82) is 0 Å². The minimum atomic E-state index is -3.85. The fraction of sp³-hybridized carbons (Fsp3) is 0.409. The first-order chi connectivity index (χ1) is 14.3. The molecule has 0 aromatic heterocycles. The number of benzene rings is 2. The number of hydrogen-bond acceptors (Lipinski definition) is 4. The molecule has 0 N–H and O–H groups in total. The number of carbonyl (C=O) groups excluding carboxylic acids is 1. The van der Waals surface area contributed by atoms with Crippen LogP contribution in [0, 0.1) is 5.82 Å². The molecule has 2 aromatic rings. The Morgan fingerprint density at radius 2 is 1.70 bits per heavy atom. The molecule has 1 aliphatic rings. The molecule has 1 heterocycles. The number of sulfonamides is 1. The van der Waals surface area contributed by atoms with Gasteiger partial charge in [0.1, 0.15) is 11.6 Å². The highest BCUT2D eigenvalue weighted by molar-refractivity contribution is 7.89. The van der Waals surface area contributed by atoms with E-state index in [1.54, 1.807) is 17.0 Å². The summed E-state index contributed by atoms with van der Waals surface area (Å²) in [5.41, 5.74) is 0.910. The lowest BCUT2D eigenvalue weighted by Gasteiger charge is -2.23. The van der Waals surface area contributed by atoms with Crippen molar-refractivity contribution >= 4 is 15.9 Å². The van der Waals surface area contributed by atoms with Crippen LogP contribution in [-0.2, 0) is 16.6 Å². The van der Waals surface area contributed by atoms with Crippen LogP contribution in [0.1, 0.15) is 41.6 Å². The van der Waals surface area contributed by atoms with Crippen LogP contribution in [0.25, 0.3) is 0 Å². The van der Waals surface area contributed by atoms with E-state index in [2.05, 4.69) is 0 Å². The van der Waals surface area contributed by atoms with E-state index < -0.39 is 10.0 Å². The number of methoxy groups -OCH3 is 1. The van der Waals surface area contributed by atoms with E-state index in [1.165, 1.54) is 48.8 Å². The fourth-order valence-corrected chi connectivity index (χ4v) is 4.76. The Morgan fingerprint density at radius 1 is 1.07 bits per heavy atom. The molecule has 0 unspecified atom stereocenters. The maximum absolute atomic E-state index is 13.1. The fourth-order valence-electron chi connectivity index (χ4n) is 3.57. The number of rotatable bonds is 6. The van der Waals surface area contributed by atoms with Gasteiger partial charge < -0.3 is 9.64 Å². The van der Waals surface area contributed by atoms with Crippen molar-refractivity contribution in [2.24, 2.45) is 0 Å². The van der Waals surface area contributed by atoms with Gasteiger partial charge in [0.05, 0.1) is 17.6 Å². The summed E-state index contributed by atoms with van der Waals surface area (Å²) in [6, 6.07) is 10.0. The first kappa shape index (κ1) is 22.2. The number of ether oxygens (including phenoxy) is 1. The van der Waals surface area contributed by atoms with Gasteiger partial charge in [-0.25, -0.2) is 12.8 Å². The monoisotopic (exact) mass is 434 g/mol. The number of halogens is 1. The Morgan fingerprint density at radius 3 is 2.30 bits per heavy atom. The number of nitrogens with zero attached hydrogens (tertiary/aromatic N) is 2. The van der Waals surface area contributed by atoms with Gasteiger partial charge in [-0.2, -0.15) is 4.31 Å². The third kappa shape index (κ3) is 4.99. The van der Waals surface area contributed by atoms with Crippen molar-refractivity contribution in [1.82, 2.24) is 9.21 Å². The van der Waals surface area contributed by atoms with Crippen molar-refractivity contribution in [3.63, 3.8) is 0 Å². The van der Waals surface area contributed by atoms with E-state index in [4.69, 9.17) is 4.74 Å². The van der Waals surface area contributed by atoms with Crippen molar-refractivity contribution in [2.75, 3.05) is 27.2 Å². The molecule has 0 spiro atoms. The largest absolute Gasteiger partial charge is 0.496 e. The van der Waals surface area contributed by atoms with Gasteiger partial charge in [0.2, 0.25) is 10.0 Å². The van der Waals surface area contributed by atoms with E-state index in [9.17, 15) is 17.6 Å². The molecule has 1 fully saturated rings. The van der Waals surface area contributed by atoms with Crippen LogP contribution in [0.3, 0.4) is 0 Å². The maximum Gasteiger partial charge on any atom is 0.257 e. The average Bonchev–Trinajstić information content (AvgIpc) is 3.04. The second-order valence-electron chi connectivity index (χ2n) is 7.46. The molecule has 0 radical (unpaired) electrons. The molecule has 0 saturated carbocycles. The quantitative estimate of drug-likeness (QED) is 0.696. The van der Waals surface area contributed by atoms with Gasteiger partial charge in [-0.15, -0.1) is 0 Å². The summed E-state index contributed by atoms with van der Waals surface area (Å²) in [5.74, 6) is -0.243. The van der Waals surface area contributed by atoms with Crippen LogP contribution in [0.5, 0.6) is 5.75 Å². The molecular weight excluding hydrogens is 407 g/mol. The minimum Gasteiger partial charge on any atom is -0.496 e. The second-order valence-corrected chi connectivity index (χ2v) is 9.50. The summed E-state index contributed by atoms with van der Waals surface area (Å²) in [6.45, 7) is 1.40. The van der Waals surface area contributed by atoms with Crippen LogP contribution in [-0.4, -0.2) is 50.8 Å². The average molecular weight is 435 g/mol. The summed E-state index contributed by atoms with van der Waals surface area (Å²) < 4.78 is 45.8. The summed E-state index contributed by atoms with van der Waals surface area (Å²) >= 11 is 0. The molecule has 1 aliphatic heterocycles. The van der Waals surface area contributed by atoms with E-state index in [0.29, 0.717) is 24.4 Å². The van der Waals surface area contributed by atoms with Crippen LogP contribution < -0.4 is 4.74 Å². The van der Waals surface area contributed by atoms with Crippen molar-refractivity contribution in [2.45, 2.75) is 37.1 Å². The van der Waals surface area contributed by atoms with Crippen LogP contribution in [0.15, 0.2) is 47.4 Å². The normalized spacial score (nSPS) is 15.1. The van der Waals surface area contributed by atoms with E-state index in [1.807, 2.05) is 0 Å². The third-order valence-electron chi connectivity index (χ3n) is 5.32. The lowest BCUT2D eigenvalue weighted by Crippen LogP contribution is -2.32. The predicted octanol–water partition coefficient (Wildman–Crippen LogP) is 3.67. The molecule has 8 heteroatoms. The minimum absolute atomic E-state index is 0.0195. The molecule has 0 bridgehead atoms. The van der Waals surface area contributed by atoms with Gasteiger partial charge in [0.25, 0.3) is 5.91 Å². The summed E-state index contributed by atoms with van der Waals surface area (Å²) in [5, 5.41) is 0. The maximum atomic E-state index is 13.1. The molecule has 1 amide bonds. The summed E-state index contributed by atoms with van der Waals surface area (Å²) in [6.07, 6.45) is 4.05. The van der Waals surface area contributed by atoms with E-state index in [0.717, 1.165) is 25.7 Å². The number of hydrogen-bond donors (Lipinski definition) is 0. The third-order valence-corrected chi connectivity index (χ3v) is 7.12. The molecule has 0 aliphatic carbocycles. The molecule has 0 atom stereocenters. The molecular formula is C22H27FN2O4S. The van der Waals surface area contributed by atoms with E-state index in [-0.39, 0.29) is 28.7 Å². The molecule has 1 saturated heterocycles. The highest BCUT2D eigenvalue weighted by Crippen LogP contribution is 2.27. The van der Waals surface area contributed by atoms with Crippen LogP contribution in [0.2, 0.25) is 0 Å². The predicted molar refractivity (Wildman–Crippen MR) is 112 cm³/mol. The van der Waals surface area contributed by atoms with Crippen molar-refractivity contribution in [3.05, 3.63) is 59.4 Å². The molecule has 3 rings (SSSR count). The smallest absolute Gasteiger partial charge is 0.257 e. The molecule has 30 heavy (non-hydrogen) atoms. The van der Waals surface area contributed by atoms with E-state index >= 15 is 0 Å². The zero-order chi connectivity index (χ0) is 21.7.